The van der Waals surface area contributed by atoms with Crippen LogP contribution in [0.2, 0.25) is 0 Å². The normalized spacial score (nSPS) is 14.9. The first-order valence-electron chi connectivity index (χ1n) is 10.9. The van der Waals surface area contributed by atoms with Gasteiger partial charge in [-0.05, 0) is 43.5 Å². The minimum absolute atomic E-state index is 0.0501. The number of anilines is 2. The van der Waals surface area contributed by atoms with Crippen LogP contribution in [0.5, 0.6) is 0 Å². The van der Waals surface area contributed by atoms with E-state index in [0.717, 1.165) is 46.6 Å². The number of rotatable bonds is 7. The maximum Gasteiger partial charge on any atom is 0.237 e. The van der Waals surface area contributed by atoms with E-state index in [0.29, 0.717) is 19.8 Å². The second-order valence-electron chi connectivity index (χ2n) is 8.02. The average Bonchev–Trinajstić information content (AvgIpc) is 3.19. The highest BCUT2D eigenvalue weighted by Gasteiger charge is 2.24. The minimum Gasteiger partial charge on any atom is -0.378 e. The van der Waals surface area contributed by atoms with Crippen molar-refractivity contribution in [2.45, 2.75) is 37.7 Å². The summed E-state index contributed by atoms with van der Waals surface area (Å²) in [6.45, 7) is 9.48. The van der Waals surface area contributed by atoms with Gasteiger partial charge in [-0.15, -0.1) is 10.2 Å². The van der Waals surface area contributed by atoms with Crippen LogP contribution in [0.4, 0.5) is 11.6 Å². The Balaban J connectivity index is 1.54. The first kappa shape index (κ1) is 22.4. The molecule has 3 aromatic rings. The summed E-state index contributed by atoms with van der Waals surface area (Å²) in [7, 11) is 0. The molecule has 1 saturated heterocycles. The van der Waals surface area contributed by atoms with Gasteiger partial charge in [0.2, 0.25) is 11.9 Å². The van der Waals surface area contributed by atoms with E-state index in [4.69, 9.17) is 4.74 Å². The molecule has 0 bridgehead atoms. The zero-order chi connectivity index (χ0) is 22.5. The quantitative estimate of drug-likeness (QED) is 0.550. The molecule has 1 aliphatic heterocycles. The number of nitrogens with zero attached hydrogens (tertiary/aromatic N) is 4. The highest BCUT2D eigenvalue weighted by atomic mass is 32.2. The highest BCUT2D eigenvalue weighted by molar-refractivity contribution is 8.00. The topological polar surface area (TPSA) is 72.3 Å². The number of thioether (sulfide) groups is 1. The molecule has 32 heavy (non-hydrogen) atoms. The summed E-state index contributed by atoms with van der Waals surface area (Å²) in [6, 6.07) is 16.3. The Morgan fingerprint density at radius 2 is 1.88 bits per heavy atom. The van der Waals surface area contributed by atoms with Crippen LogP contribution in [0.15, 0.2) is 53.7 Å². The van der Waals surface area contributed by atoms with Crippen molar-refractivity contribution in [1.82, 2.24) is 14.8 Å². The number of morpholine rings is 1. The minimum atomic E-state index is -0.328. The van der Waals surface area contributed by atoms with Gasteiger partial charge < -0.3 is 15.0 Å². The molecular formula is C24H29N5O2S. The zero-order valence-electron chi connectivity index (χ0n) is 18.7. The summed E-state index contributed by atoms with van der Waals surface area (Å²) in [6.07, 6.45) is 0. The number of carbonyl (C=O) groups is 1. The molecule has 1 aromatic heterocycles. The Morgan fingerprint density at radius 1 is 1.12 bits per heavy atom. The van der Waals surface area contributed by atoms with Gasteiger partial charge >= 0.3 is 0 Å². The van der Waals surface area contributed by atoms with Crippen molar-refractivity contribution in [3.63, 3.8) is 0 Å². The summed E-state index contributed by atoms with van der Waals surface area (Å²) in [4.78, 5) is 15.1. The molecule has 1 amide bonds. The first-order chi connectivity index (χ1) is 15.5. The van der Waals surface area contributed by atoms with Crippen LogP contribution >= 0.6 is 11.8 Å². The van der Waals surface area contributed by atoms with Gasteiger partial charge in [0.1, 0.15) is 0 Å². The molecule has 0 saturated carbocycles. The van der Waals surface area contributed by atoms with Crippen molar-refractivity contribution in [3.05, 3.63) is 65.2 Å². The molecule has 8 heteroatoms. The van der Waals surface area contributed by atoms with Crippen molar-refractivity contribution in [1.29, 1.82) is 0 Å². The van der Waals surface area contributed by atoms with Crippen LogP contribution in [-0.4, -0.2) is 52.2 Å². The monoisotopic (exact) mass is 451 g/mol. The molecule has 1 aliphatic rings. The van der Waals surface area contributed by atoms with Gasteiger partial charge in [-0.1, -0.05) is 54.2 Å². The SMILES string of the molecule is Cc1ccc(C)c(NC(=O)[C@@H](C)Sc2nnc(N3CCOCC3)n2Cc2ccccc2)c1. The first-order valence-corrected chi connectivity index (χ1v) is 11.7. The molecule has 168 valence electrons. The fraction of sp³-hybridized carbons (Fsp3) is 0.375. The lowest BCUT2D eigenvalue weighted by atomic mass is 10.1. The van der Waals surface area contributed by atoms with Crippen molar-refractivity contribution >= 4 is 29.3 Å². The smallest absolute Gasteiger partial charge is 0.237 e. The molecule has 0 radical (unpaired) electrons. The Kier molecular flexibility index (Phi) is 7.12. The van der Waals surface area contributed by atoms with E-state index >= 15 is 0 Å². The Bertz CT molecular complexity index is 1060. The van der Waals surface area contributed by atoms with Crippen molar-refractivity contribution < 1.29 is 9.53 Å². The average molecular weight is 452 g/mol. The fourth-order valence-electron chi connectivity index (χ4n) is 3.59. The molecular weight excluding hydrogens is 422 g/mol. The Morgan fingerprint density at radius 3 is 2.62 bits per heavy atom. The molecule has 4 rings (SSSR count). The van der Waals surface area contributed by atoms with E-state index in [2.05, 4.69) is 37.1 Å². The van der Waals surface area contributed by atoms with Crippen molar-refractivity contribution in [2.24, 2.45) is 0 Å². The maximum atomic E-state index is 12.9. The third-order valence-electron chi connectivity index (χ3n) is 5.48. The lowest BCUT2D eigenvalue weighted by Crippen LogP contribution is -2.38. The van der Waals surface area contributed by atoms with Gasteiger partial charge in [0.25, 0.3) is 0 Å². The molecule has 0 unspecified atom stereocenters. The molecule has 0 aliphatic carbocycles. The molecule has 0 spiro atoms. The van der Waals surface area contributed by atoms with Crippen LogP contribution < -0.4 is 10.2 Å². The second-order valence-corrected chi connectivity index (χ2v) is 9.33. The van der Waals surface area contributed by atoms with E-state index < -0.39 is 0 Å². The van der Waals surface area contributed by atoms with Crippen LogP contribution in [0.3, 0.4) is 0 Å². The summed E-state index contributed by atoms with van der Waals surface area (Å²) in [5, 5.41) is 12.4. The van der Waals surface area contributed by atoms with Crippen LogP contribution in [0, 0.1) is 13.8 Å². The predicted octanol–water partition coefficient (Wildman–Crippen LogP) is 3.90. The van der Waals surface area contributed by atoms with Gasteiger partial charge in [-0.2, -0.15) is 0 Å². The second kappa shape index (κ2) is 10.2. The lowest BCUT2D eigenvalue weighted by Gasteiger charge is -2.28. The van der Waals surface area contributed by atoms with Gasteiger partial charge in [-0.3, -0.25) is 9.36 Å². The van der Waals surface area contributed by atoms with Crippen molar-refractivity contribution in [2.75, 3.05) is 36.5 Å². The van der Waals surface area contributed by atoms with Gasteiger partial charge in [-0.25, -0.2) is 0 Å². The Hall–Kier alpha value is -2.84. The number of aromatic nitrogens is 3. The number of nitrogens with one attached hydrogen (secondary N) is 1. The molecule has 2 heterocycles. The maximum absolute atomic E-state index is 12.9. The van der Waals surface area contributed by atoms with E-state index in [9.17, 15) is 4.79 Å². The molecule has 1 atom stereocenters. The largest absolute Gasteiger partial charge is 0.378 e. The third-order valence-corrected chi connectivity index (χ3v) is 6.56. The van der Waals surface area contributed by atoms with Crippen LogP contribution in [-0.2, 0) is 16.1 Å². The van der Waals surface area contributed by atoms with Crippen LogP contribution in [0.25, 0.3) is 0 Å². The fourth-order valence-corrected chi connectivity index (χ4v) is 4.43. The molecule has 7 nitrogen and oxygen atoms in total. The number of hydrogen-bond donors (Lipinski definition) is 1. The number of hydrogen-bond acceptors (Lipinski definition) is 6. The van der Waals surface area contributed by atoms with Crippen molar-refractivity contribution in [3.8, 4) is 0 Å². The van der Waals surface area contributed by atoms with E-state index in [1.807, 2.05) is 57.2 Å². The standard InChI is InChI=1S/C24H29N5O2S/c1-17-9-10-18(2)21(15-17)25-22(30)19(3)32-24-27-26-23(28-11-13-31-14-12-28)29(24)16-20-7-5-4-6-8-20/h4-10,15,19H,11-14,16H2,1-3H3,(H,25,30)/t19-/m1/s1. The van der Waals surface area contributed by atoms with E-state index in [1.165, 1.54) is 11.8 Å². The number of amides is 1. The number of aryl methyl sites for hydroxylation is 2. The predicted molar refractivity (Wildman–Crippen MR) is 128 cm³/mol. The molecule has 1 N–H and O–H groups in total. The number of ether oxygens (including phenoxy) is 1. The lowest BCUT2D eigenvalue weighted by molar-refractivity contribution is -0.115. The number of carbonyl (C=O) groups excluding carboxylic acids is 1. The van der Waals surface area contributed by atoms with E-state index in [1.54, 1.807) is 0 Å². The summed E-state index contributed by atoms with van der Waals surface area (Å²) < 4.78 is 7.60. The molecule has 2 aromatic carbocycles. The summed E-state index contributed by atoms with van der Waals surface area (Å²) in [5.74, 6) is 0.771. The van der Waals surface area contributed by atoms with Gasteiger partial charge in [0, 0.05) is 18.8 Å². The summed E-state index contributed by atoms with van der Waals surface area (Å²) >= 11 is 1.43. The summed E-state index contributed by atoms with van der Waals surface area (Å²) in [5.41, 5.74) is 4.17. The van der Waals surface area contributed by atoms with E-state index in [-0.39, 0.29) is 11.2 Å². The van der Waals surface area contributed by atoms with Crippen LogP contribution in [0.1, 0.15) is 23.6 Å². The zero-order valence-corrected chi connectivity index (χ0v) is 19.6. The highest BCUT2D eigenvalue weighted by Crippen LogP contribution is 2.28. The molecule has 1 fully saturated rings. The Labute approximate surface area is 193 Å². The van der Waals surface area contributed by atoms with Gasteiger partial charge in [0.15, 0.2) is 5.16 Å². The third kappa shape index (κ3) is 5.31. The number of benzene rings is 2. The van der Waals surface area contributed by atoms with Gasteiger partial charge in [0.05, 0.1) is 25.0 Å².